The Hall–Kier alpha value is -0.830. The van der Waals surface area contributed by atoms with E-state index in [4.69, 9.17) is 0 Å². The van der Waals surface area contributed by atoms with Gasteiger partial charge in [-0.3, -0.25) is 4.79 Å². The molecule has 1 N–H and O–H groups in total. The van der Waals surface area contributed by atoms with Gasteiger partial charge in [-0.05, 0) is 38.6 Å². The zero-order valence-electron chi connectivity index (χ0n) is 11.2. The third-order valence-electron chi connectivity index (χ3n) is 3.65. The lowest BCUT2D eigenvalue weighted by Crippen LogP contribution is -2.47. The fourth-order valence-corrected chi connectivity index (χ4v) is 2.31. The molecule has 100 valence electrons. The average molecular weight is 240 g/mol. The van der Waals surface area contributed by atoms with Gasteiger partial charge >= 0.3 is 0 Å². The molecule has 1 aliphatic heterocycles. The number of hydrogen-bond acceptors (Lipinski definition) is 3. The van der Waals surface area contributed by atoms with Gasteiger partial charge in [0.05, 0.1) is 6.04 Å². The molecule has 1 saturated heterocycles. The number of carbonyl (C=O) groups excluding carboxylic acids is 1. The van der Waals surface area contributed by atoms with Crippen molar-refractivity contribution in [2.24, 2.45) is 5.92 Å². The van der Waals surface area contributed by atoms with E-state index in [1.807, 2.05) is 6.92 Å². The standard InChI is InChI=1S/C14H26N2O.H2/c1-4-12(3)14(17)13(15-5-2)11-16-9-7-6-8-10-16;/h5,12-13,15H,2,4,6-11H2,1,3H3;1H. The minimum Gasteiger partial charge on any atom is -0.381 e. The molecule has 0 radical (unpaired) electrons. The van der Waals surface area contributed by atoms with E-state index in [0.717, 1.165) is 26.1 Å². The van der Waals surface area contributed by atoms with E-state index >= 15 is 0 Å². The second-order valence-corrected chi connectivity index (χ2v) is 5.00. The lowest BCUT2D eigenvalue weighted by Gasteiger charge is -2.30. The van der Waals surface area contributed by atoms with E-state index in [1.54, 1.807) is 6.20 Å². The molecule has 1 fully saturated rings. The Morgan fingerprint density at radius 3 is 2.65 bits per heavy atom. The maximum Gasteiger partial charge on any atom is 0.159 e. The Morgan fingerprint density at radius 2 is 2.12 bits per heavy atom. The van der Waals surface area contributed by atoms with Crippen LogP contribution in [-0.2, 0) is 4.79 Å². The number of piperidine rings is 1. The number of hydrogen-bond donors (Lipinski definition) is 1. The third-order valence-corrected chi connectivity index (χ3v) is 3.65. The molecular weight excluding hydrogens is 212 g/mol. The van der Waals surface area contributed by atoms with Crippen LogP contribution in [0.4, 0.5) is 0 Å². The molecule has 0 aromatic rings. The first-order valence-electron chi connectivity index (χ1n) is 6.82. The summed E-state index contributed by atoms with van der Waals surface area (Å²) in [6.07, 6.45) is 6.41. The predicted molar refractivity (Wildman–Crippen MR) is 74.0 cm³/mol. The van der Waals surface area contributed by atoms with Crippen LogP contribution in [0.3, 0.4) is 0 Å². The van der Waals surface area contributed by atoms with Crippen molar-refractivity contribution < 1.29 is 6.22 Å². The zero-order valence-corrected chi connectivity index (χ0v) is 11.2. The highest BCUT2D eigenvalue weighted by molar-refractivity contribution is 5.86. The van der Waals surface area contributed by atoms with Gasteiger partial charge in [-0.2, -0.15) is 0 Å². The summed E-state index contributed by atoms with van der Waals surface area (Å²) in [5.41, 5.74) is 0. The Morgan fingerprint density at radius 1 is 1.47 bits per heavy atom. The van der Waals surface area contributed by atoms with Crippen LogP contribution >= 0.6 is 0 Å². The van der Waals surface area contributed by atoms with Crippen molar-refractivity contribution in [3.05, 3.63) is 12.8 Å². The molecule has 1 aliphatic rings. The molecule has 0 spiro atoms. The second kappa shape index (κ2) is 7.49. The van der Waals surface area contributed by atoms with Crippen molar-refractivity contribution in [2.75, 3.05) is 19.6 Å². The Kier molecular flexibility index (Phi) is 6.27. The van der Waals surface area contributed by atoms with Crippen LogP contribution < -0.4 is 5.32 Å². The predicted octanol–water partition coefficient (Wildman–Crippen LogP) is 2.44. The van der Waals surface area contributed by atoms with Crippen molar-refractivity contribution >= 4 is 5.78 Å². The van der Waals surface area contributed by atoms with E-state index in [0.29, 0.717) is 5.78 Å². The van der Waals surface area contributed by atoms with Crippen molar-refractivity contribution in [1.82, 2.24) is 10.2 Å². The van der Waals surface area contributed by atoms with Gasteiger partial charge in [-0.15, -0.1) is 0 Å². The van der Waals surface area contributed by atoms with Crippen LogP contribution in [0, 0.1) is 5.92 Å². The highest BCUT2D eigenvalue weighted by Crippen LogP contribution is 2.12. The smallest absolute Gasteiger partial charge is 0.159 e. The van der Waals surface area contributed by atoms with Gasteiger partial charge in [0.2, 0.25) is 0 Å². The number of ketones is 1. The molecule has 0 amide bonds. The minimum atomic E-state index is -0.0828. The third kappa shape index (κ3) is 4.50. The molecule has 3 nitrogen and oxygen atoms in total. The van der Waals surface area contributed by atoms with Gasteiger partial charge < -0.3 is 10.2 Å². The normalized spacial score (nSPS) is 20.6. The zero-order chi connectivity index (χ0) is 12.7. The SMILES string of the molecule is C=CNC(CN1CCCCC1)C(=O)C(C)CC.[HH]. The first-order chi connectivity index (χ1) is 8.19. The molecule has 0 bridgehead atoms. The Labute approximate surface area is 107 Å². The maximum absolute atomic E-state index is 12.2. The summed E-state index contributed by atoms with van der Waals surface area (Å²) in [5.74, 6) is 0.454. The molecule has 3 heteroatoms. The molecule has 2 atom stereocenters. The molecule has 0 aliphatic carbocycles. The van der Waals surface area contributed by atoms with Gasteiger partial charge in [0, 0.05) is 13.9 Å². The summed E-state index contributed by atoms with van der Waals surface area (Å²) in [7, 11) is 0. The topological polar surface area (TPSA) is 32.3 Å². The molecule has 1 rings (SSSR count). The van der Waals surface area contributed by atoms with E-state index in [2.05, 4.69) is 23.7 Å². The highest BCUT2D eigenvalue weighted by atomic mass is 16.1. The first kappa shape index (κ1) is 14.2. The van der Waals surface area contributed by atoms with Crippen LogP contribution in [0.1, 0.15) is 41.0 Å². The molecule has 17 heavy (non-hydrogen) atoms. The van der Waals surface area contributed by atoms with Gasteiger partial charge in [0.1, 0.15) is 0 Å². The number of likely N-dealkylation sites (tertiary alicyclic amines) is 1. The second-order valence-electron chi connectivity index (χ2n) is 5.00. The van der Waals surface area contributed by atoms with Crippen LogP contribution in [0.2, 0.25) is 0 Å². The fraction of sp³-hybridized carbons (Fsp3) is 0.786. The molecule has 0 saturated carbocycles. The summed E-state index contributed by atoms with van der Waals surface area (Å²) in [6.45, 7) is 10.8. The number of nitrogens with one attached hydrogen (secondary N) is 1. The first-order valence-corrected chi connectivity index (χ1v) is 6.82. The minimum absolute atomic E-state index is 0. The van der Waals surface area contributed by atoms with Crippen molar-refractivity contribution in [3.8, 4) is 0 Å². The number of rotatable bonds is 7. The largest absolute Gasteiger partial charge is 0.381 e. The van der Waals surface area contributed by atoms with Crippen LogP contribution in [0.15, 0.2) is 12.8 Å². The van der Waals surface area contributed by atoms with Crippen molar-refractivity contribution in [3.63, 3.8) is 0 Å². The van der Waals surface area contributed by atoms with E-state index < -0.39 is 0 Å². The van der Waals surface area contributed by atoms with E-state index in [-0.39, 0.29) is 13.4 Å². The monoisotopic (exact) mass is 240 g/mol. The number of carbonyl (C=O) groups is 1. The van der Waals surface area contributed by atoms with Gasteiger partial charge in [0.25, 0.3) is 0 Å². The van der Waals surface area contributed by atoms with E-state index in [1.165, 1.54) is 19.3 Å². The molecule has 2 unspecified atom stereocenters. The number of Topliss-reactive ketones (excluding diaryl/α,β-unsaturated/α-hetero) is 1. The fourth-order valence-electron chi connectivity index (χ4n) is 2.31. The molecule has 1 heterocycles. The maximum atomic E-state index is 12.2. The summed E-state index contributed by atoms with van der Waals surface area (Å²) < 4.78 is 0. The van der Waals surface area contributed by atoms with Crippen LogP contribution in [0.5, 0.6) is 0 Å². The summed E-state index contributed by atoms with van der Waals surface area (Å²) in [4.78, 5) is 14.6. The van der Waals surface area contributed by atoms with Crippen LogP contribution in [-0.4, -0.2) is 36.4 Å². The summed E-state index contributed by atoms with van der Waals surface area (Å²) >= 11 is 0. The van der Waals surface area contributed by atoms with E-state index in [9.17, 15) is 4.79 Å². The molecular formula is C14H28N2O. The Balaban J connectivity index is 0.00000289. The lowest BCUT2D eigenvalue weighted by molar-refractivity contribution is -0.124. The van der Waals surface area contributed by atoms with Gasteiger partial charge in [0.15, 0.2) is 5.78 Å². The Bertz CT molecular complexity index is 252. The number of nitrogens with zero attached hydrogens (tertiary/aromatic N) is 1. The van der Waals surface area contributed by atoms with Crippen LogP contribution in [0.25, 0.3) is 0 Å². The van der Waals surface area contributed by atoms with Crippen molar-refractivity contribution in [1.29, 1.82) is 0 Å². The quantitative estimate of drug-likeness (QED) is 0.742. The molecule has 0 aromatic carbocycles. The summed E-state index contributed by atoms with van der Waals surface area (Å²) in [5, 5.41) is 3.12. The van der Waals surface area contributed by atoms with Gasteiger partial charge in [-0.25, -0.2) is 0 Å². The van der Waals surface area contributed by atoms with Crippen molar-refractivity contribution in [2.45, 2.75) is 45.6 Å². The average Bonchev–Trinajstić information content (AvgIpc) is 2.37. The summed E-state index contributed by atoms with van der Waals surface area (Å²) in [6, 6.07) is -0.0828. The highest BCUT2D eigenvalue weighted by Gasteiger charge is 2.24. The van der Waals surface area contributed by atoms with Gasteiger partial charge in [-0.1, -0.05) is 26.8 Å². The molecule has 0 aromatic heterocycles. The lowest BCUT2D eigenvalue weighted by atomic mass is 9.96.